The molecule has 1 unspecified atom stereocenters. The number of nitrogens with zero attached hydrogens (tertiary/aromatic N) is 2. The lowest BCUT2D eigenvalue weighted by Gasteiger charge is -2.16. The van der Waals surface area contributed by atoms with Gasteiger partial charge in [0.25, 0.3) is 0 Å². The Balaban J connectivity index is 1.56. The van der Waals surface area contributed by atoms with Gasteiger partial charge >= 0.3 is 5.97 Å². The normalized spacial score (nSPS) is 12.5. The van der Waals surface area contributed by atoms with E-state index in [4.69, 9.17) is 14.1 Å². The number of carbonyl (C=O) groups is 1. The molecule has 0 radical (unpaired) electrons. The molecule has 2 aromatic carbocycles. The second-order valence-corrected chi connectivity index (χ2v) is 8.39. The number of rotatable bonds is 8. The molecule has 0 aliphatic heterocycles. The van der Waals surface area contributed by atoms with E-state index in [2.05, 4.69) is 4.57 Å². The number of aromatic nitrogens is 2. The summed E-state index contributed by atoms with van der Waals surface area (Å²) in [5.41, 5.74) is 5.01. The molecule has 4 aromatic rings. The van der Waals surface area contributed by atoms with Crippen molar-refractivity contribution in [3.8, 4) is 11.5 Å². The number of carboxylic acids is 1. The molecule has 6 heteroatoms. The Morgan fingerprint density at radius 1 is 1.16 bits per heavy atom. The van der Waals surface area contributed by atoms with Gasteiger partial charge in [-0.05, 0) is 68.5 Å². The highest BCUT2D eigenvalue weighted by atomic mass is 16.5. The molecule has 4 rings (SSSR count). The fourth-order valence-corrected chi connectivity index (χ4v) is 3.91. The van der Waals surface area contributed by atoms with Gasteiger partial charge in [-0.15, -0.1) is 0 Å². The van der Waals surface area contributed by atoms with Gasteiger partial charge in [-0.3, -0.25) is 0 Å². The van der Waals surface area contributed by atoms with Gasteiger partial charge in [-0.25, -0.2) is 9.78 Å². The molecule has 0 fully saturated rings. The molecule has 0 saturated carbocycles. The molecule has 0 spiro atoms. The Bertz CT molecular complexity index is 1250. The lowest BCUT2D eigenvalue weighted by atomic mass is 10.1. The molecule has 0 amide bonds. The van der Waals surface area contributed by atoms with E-state index in [0.717, 1.165) is 39.0 Å². The lowest BCUT2D eigenvalue weighted by Crippen LogP contribution is -2.29. The predicted octanol–water partition coefficient (Wildman–Crippen LogP) is 5.38. The number of aryl methyl sites for hydroxylation is 2. The van der Waals surface area contributed by atoms with Gasteiger partial charge in [-0.1, -0.05) is 24.3 Å². The number of hydrogen-bond acceptors (Lipinski definition) is 4. The van der Waals surface area contributed by atoms with Crippen LogP contribution in [0.15, 0.2) is 59.1 Å². The molecule has 0 saturated heterocycles. The Labute approximate surface area is 187 Å². The summed E-state index contributed by atoms with van der Waals surface area (Å²) < 4.78 is 13.6. The van der Waals surface area contributed by atoms with Gasteiger partial charge in [0.2, 0.25) is 5.89 Å². The van der Waals surface area contributed by atoms with E-state index in [1.165, 1.54) is 0 Å². The third kappa shape index (κ3) is 4.60. The smallest absolute Gasteiger partial charge is 0.333 e. The van der Waals surface area contributed by atoms with Gasteiger partial charge in [0.1, 0.15) is 11.5 Å². The minimum Gasteiger partial charge on any atom is -0.479 e. The summed E-state index contributed by atoms with van der Waals surface area (Å²) in [5, 5.41) is 10.5. The van der Waals surface area contributed by atoms with Crippen molar-refractivity contribution in [2.45, 2.75) is 52.9 Å². The van der Waals surface area contributed by atoms with Crippen LogP contribution >= 0.6 is 0 Å². The van der Waals surface area contributed by atoms with Crippen LogP contribution in [-0.4, -0.2) is 32.8 Å². The van der Waals surface area contributed by atoms with Gasteiger partial charge in [-0.2, -0.15) is 0 Å². The summed E-state index contributed by atoms with van der Waals surface area (Å²) in [6.45, 7) is 8.27. The SMILES string of the molecule is Cc1ccccc1-c1nc(Cn2ccc3cc(CC(OC(C)C)C(=O)O)ccc32)c(C)o1. The monoisotopic (exact) mass is 432 g/mol. The van der Waals surface area contributed by atoms with Crippen LogP contribution in [0.25, 0.3) is 22.4 Å². The predicted molar refractivity (Wildman–Crippen MR) is 124 cm³/mol. The van der Waals surface area contributed by atoms with Crippen LogP contribution in [0.3, 0.4) is 0 Å². The largest absolute Gasteiger partial charge is 0.479 e. The van der Waals surface area contributed by atoms with Crippen LogP contribution in [0, 0.1) is 13.8 Å². The third-order valence-corrected chi connectivity index (χ3v) is 5.56. The number of ether oxygens (including phenoxy) is 1. The highest BCUT2D eigenvalue weighted by molar-refractivity contribution is 5.81. The fraction of sp³-hybridized carbons (Fsp3) is 0.308. The zero-order valence-electron chi connectivity index (χ0n) is 18.8. The van der Waals surface area contributed by atoms with Gasteiger partial charge in [0.15, 0.2) is 6.10 Å². The summed E-state index contributed by atoms with van der Waals surface area (Å²) in [7, 11) is 0. The van der Waals surface area contributed by atoms with Gasteiger partial charge in [0, 0.05) is 23.7 Å². The molecule has 1 atom stereocenters. The second-order valence-electron chi connectivity index (χ2n) is 8.39. The van der Waals surface area contributed by atoms with Crippen molar-refractivity contribution in [1.29, 1.82) is 0 Å². The number of fused-ring (bicyclic) bond motifs is 1. The maximum Gasteiger partial charge on any atom is 0.333 e. The summed E-state index contributed by atoms with van der Waals surface area (Å²) in [4.78, 5) is 16.3. The number of aliphatic carboxylic acids is 1. The second kappa shape index (κ2) is 9.01. The summed E-state index contributed by atoms with van der Waals surface area (Å²) in [6, 6.07) is 16.1. The molecule has 6 nitrogen and oxygen atoms in total. The van der Waals surface area contributed by atoms with Crippen molar-refractivity contribution >= 4 is 16.9 Å². The van der Waals surface area contributed by atoms with Crippen LogP contribution in [0.2, 0.25) is 0 Å². The maximum atomic E-state index is 11.5. The first-order valence-corrected chi connectivity index (χ1v) is 10.8. The number of benzene rings is 2. The number of oxazole rings is 1. The van der Waals surface area contributed by atoms with E-state index >= 15 is 0 Å². The molecule has 32 heavy (non-hydrogen) atoms. The van der Waals surface area contributed by atoms with Crippen LogP contribution < -0.4 is 0 Å². The standard InChI is InChI=1S/C26H28N2O4/c1-16(2)31-24(26(29)30)14-19-9-10-23-20(13-19)11-12-28(23)15-22-18(4)32-25(27-22)21-8-6-5-7-17(21)3/h5-13,16,24H,14-15H2,1-4H3,(H,29,30). The molecular weight excluding hydrogens is 404 g/mol. The number of carboxylic acid groups (broad SMARTS) is 1. The van der Waals surface area contributed by atoms with Crippen LogP contribution in [0.5, 0.6) is 0 Å². The zero-order valence-corrected chi connectivity index (χ0v) is 18.8. The highest BCUT2D eigenvalue weighted by Gasteiger charge is 2.20. The van der Waals surface area contributed by atoms with Crippen LogP contribution in [-0.2, 0) is 22.5 Å². The topological polar surface area (TPSA) is 77.5 Å². The van der Waals surface area contributed by atoms with E-state index in [0.29, 0.717) is 18.9 Å². The molecule has 0 aliphatic carbocycles. The van der Waals surface area contributed by atoms with E-state index < -0.39 is 12.1 Å². The Hall–Kier alpha value is -3.38. The van der Waals surface area contributed by atoms with Crippen molar-refractivity contribution in [2.75, 3.05) is 0 Å². The Kier molecular flexibility index (Phi) is 6.15. The van der Waals surface area contributed by atoms with Crippen molar-refractivity contribution in [1.82, 2.24) is 9.55 Å². The Morgan fingerprint density at radius 3 is 2.66 bits per heavy atom. The van der Waals surface area contributed by atoms with E-state index in [-0.39, 0.29) is 6.10 Å². The molecule has 1 N–H and O–H groups in total. The maximum absolute atomic E-state index is 11.5. The molecule has 0 aliphatic rings. The quantitative estimate of drug-likeness (QED) is 0.404. The molecule has 0 bridgehead atoms. The molecule has 2 aromatic heterocycles. The average Bonchev–Trinajstić information content (AvgIpc) is 3.31. The summed E-state index contributed by atoms with van der Waals surface area (Å²) >= 11 is 0. The van der Waals surface area contributed by atoms with Crippen LogP contribution in [0.4, 0.5) is 0 Å². The van der Waals surface area contributed by atoms with Crippen molar-refractivity contribution < 1.29 is 19.1 Å². The summed E-state index contributed by atoms with van der Waals surface area (Å²) in [5.74, 6) is 0.499. The molecule has 2 heterocycles. The first kappa shape index (κ1) is 21.8. The number of hydrogen-bond donors (Lipinski definition) is 1. The van der Waals surface area contributed by atoms with Crippen molar-refractivity contribution in [2.24, 2.45) is 0 Å². The fourth-order valence-electron chi connectivity index (χ4n) is 3.91. The summed E-state index contributed by atoms with van der Waals surface area (Å²) in [6.07, 6.45) is 1.36. The van der Waals surface area contributed by atoms with Crippen molar-refractivity contribution in [3.63, 3.8) is 0 Å². The van der Waals surface area contributed by atoms with E-state index in [1.54, 1.807) is 0 Å². The van der Waals surface area contributed by atoms with Crippen LogP contribution in [0.1, 0.15) is 36.4 Å². The Morgan fingerprint density at radius 2 is 1.94 bits per heavy atom. The van der Waals surface area contributed by atoms with E-state index in [1.807, 2.05) is 82.4 Å². The van der Waals surface area contributed by atoms with E-state index in [9.17, 15) is 9.90 Å². The minimum atomic E-state index is -0.942. The third-order valence-electron chi connectivity index (χ3n) is 5.56. The van der Waals surface area contributed by atoms with Gasteiger partial charge in [0.05, 0.1) is 12.6 Å². The minimum absolute atomic E-state index is 0.142. The van der Waals surface area contributed by atoms with Crippen molar-refractivity contribution in [3.05, 3.63) is 77.3 Å². The zero-order chi connectivity index (χ0) is 22.8. The first-order chi connectivity index (χ1) is 15.3. The first-order valence-electron chi connectivity index (χ1n) is 10.8. The lowest BCUT2D eigenvalue weighted by molar-refractivity contribution is -0.153. The molecule has 166 valence electrons. The molecular formula is C26H28N2O4. The van der Waals surface area contributed by atoms with Gasteiger partial charge < -0.3 is 18.8 Å². The average molecular weight is 433 g/mol. The highest BCUT2D eigenvalue weighted by Crippen LogP contribution is 2.26.